The summed E-state index contributed by atoms with van der Waals surface area (Å²) in [5, 5.41) is 19.3. The Morgan fingerprint density at radius 2 is 2.05 bits per heavy atom. The van der Waals surface area contributed by atoms with Gasteiger partial charge in [0, 0.05) is 24.3 Å². The summed E-state index contributed by atoms with van der Waals surface area (Å²) in [4.78, 5) is 21.5. The van der Waals surface area contributed by atoms with E-state index in [0.29, 0.717) is 11.4 Å². The highest BCUT2D eigenvalue weighted by molar-refractivity contribution is 6.01. The van der Waals surface area contributed by atoms with E-state index in [4.69, 9.17) is 0 Å². The number of nitrogens with zero attached hydrogens (tertiary/aromatic N) is 2. The van der Waals surface area contributed by atoms with Crippen LogP contribution in [-0.2, 0) is 4.79 Å². The second-order valence-electron chi connectivity index (χ2n) is 3.64. The second kappa shape index (κ2) is 5.58. The summed E-state index contributed by atoms with van der Waals surface area (Å²) in [6, 6.07) is 7.52. The second-order valence-corrected chi connectivity index (χ2v) is 3.64. The topological polar surface area (TPSA) is 101 Å². The van der Waals surface area contributed by atoms with Crippen molar-refractivity contribution in [3.8, 4) is 0 Å². The molecular weight excluding hydrogens is 248 g/mol. The maximum Gasteiger partial charge on any atom is 0.269 e. The molecular formula is C12H10N4O3. The molecule has 0 aliphatic carbocycles. The van der Waals surface area contributed by atoms with Crippen LogP contribution in [0.1, 0.15) is 5.56 Å². The average Bonchev–Trinajstić information content (AvgIpc) is 2.89. The molecule has 2 N–H and O–H groups in total. The number of nitro groups is 1. The van der Waals surface area contributed by atoms with E-state index in [2.05, 4.69) is 15.5 Å². The summed E-state index contributed by atoms with van der Waals surface area (Å²) >= 11 is 0. The zero-order chi connectivity index (χ0) is 13.7. The van der Waals surface area contributed by atoms with Crippen LogP contribution in [0.15, 0.2) is 42.6 Å². The number of hydrogen-bond acceptors (Lipinski definition) is 4. The lowest BCUT2D eigenvalue weighted by Gasteiger charge is -1.97. The summed E-state index contributed by atoms with van der Waals surface area (Å²) in [5.41, 5.74) is 0.712. The molecule has 1 amide bonds. The van der Waals surface area contributed by atoms with Gasteiger partial charge < -0.3 is 5.32 Å². The Morgan fingerprint density at radius 1 is 1.32 bits per heavy atom. The largest absolute Gasteiger partial charge is 0.307 e. The zero-order valence-corrected chi connectivity index (χ0v) is 9.74. The fraction of sp³-hybridized carbons (Fsp3) is 0. The summed E-state index contributed by atoms with van der Waals surface area (Å²) in [7, 11) is 0. The average molecular weight is 258 g/mol. The Balaban J connectivity index is 1.98. The molecule has 0 saturated heterocycles. The highest BCUT2D eigenvalue weighted by Gasteiger charge is 2.03. The third-order valence-electron chi connectivity index (χ3n) is 2.29. The molecule has 0 saturated carbocycles. The Hall–Kier alpha value is -2.96. The number of carbonyl (C=O) groups is 1. The Bertz CT molecular complexity index is 602. The molecule has 7 nitrogen and oxygen atoms in total. The van der Waals surface area contributed by atoms with Crippen molar-refractivity contribution in [2.75, 3.05) is 5.32 Å². The molecule has 1 aromatic carbocycles. The van der Waals surface area contributed by atoms with E-state index in [-0.39, 0.29) is 11.6 Å². The first-order valence-electron chi connectivity index (χ1n) is 5.38. The van der Waals surface area contributed by atoms with Crippen LogP contribution in [0, 0.1) is 10.1 Å². The highest BCUT2D eigenvalue weighted by atomic mass is 16.6. The minimum atomic E-state index is -0.474. The summed E-state index contributed by atoms with van der Waals surface area (Å²) < 4.78 is 0. The lowest BCUT2D eigenvalue weighted by molar-refractivity contribution is -0.384. The Kier molecular flexibility index (Phi) is 3.67. The number of aromatic amines is 1. The van der Waals surface area contributed by atoms with Crippen molar-refractivity contribution in [3.05, 3.63) is 58.3 Å². The molecule has 7 heteroatoms. The molecule has 19 heavy (non-hydrogen) atoms. The molecule has 0 bridgehead atoms. The quantitative estimate of drug-likeness (QED) is 0.497. The van der Waals surface area contributed by atoms with Crippen molar-refractivity contribution in [2.45, 2.75) is 0 Å². The van der Waals surface area contributed by atoms with Gasteiger partial charge in [0.1, 0.15) is 5.82 Å². The van der Waals surface area contributed by atoms with Crippen molar-refractivity contribution in [1.29, 1.82) is 0 Å². The highest BCUT2D eigenvalue weighted by Crippen LogP contribution is 2.12. The predicted molar refractivity (Wildman–Crippen MR) is 69.3 cm³/mol. The molecule has 1 aromatic heterocycles. The normalized spacial score (nSPS) is 10.5. The first kappa shape index (κ1) is 12.5. The lowest BCUT2D eigenvalue weighted by Crippen LogP contribution is -2.07. The minimum Gasteiger partial charge on any atom is -0.307 e. The molecule has 0 radical (unpaired) electrons. The number of hydrogen-bond donors (Lipinski definition) is 2. The minimum absolute atomic E-state index is 0.0130. The van der Waals surface area contributed by atoms with Crippen molar-refractivity contribution in [3.63, 3.8) is 0 Å². The van der Waals surface area contributed by atoms with Crippen LogP contribution < -0.4 is 5.32 Å². The number of benzene rings is 1. The lowest BCUT2D eigenvalue weighted by atomic mass is 10.2. The molecule has 1 heterocycles. The van der Waals surface area contributed by atoms with Gasteiger partial charge in [0.05, 0.1) is 11.1 Å². The third kappa shape index (κ3) is 3.50. The monoisotopic (exact) mass is 258 g/mol. The fourth-order valence-corrected chi connectivity index (χ4v) is 1.38. The SMILES string of the molecule is O=C(C=Cc1ccc([N+](=O)[O-])cc1)Nc1ccn[nH]1. The van der Waals surface area contributed by atoms with E-state index in [1.807, 2.05) is 0 Å². The number of amides is 1. The fourth-order valence-electron chi connectivity index (χ4n) is 1.38. The van der Waals surface area contributed by atoms with Gasteiger partial charge in [0.15, 0.2) is 0 Å². The smallest absolute Gasteiger partial charge is 0.269 e. The molecule has 0 fully saturated rings. The molecule has 0 aliphatic rings. The molecule has 2 aromatic rings. The van der Waals surface area contributed by atoms with Crippen molar-refractivity contribution < 1.29 is 9.72 Å². The van der Waals surface area contributed by atoms with E-state index < -0.39 is 4.92 Å². The van der Waals surface area contributed by atoms with E-state index in [1.165, 1.54) is 24.4 Å². The number of nitrogens with one attached hydrogen (secondary N) is 2. The first-order chi connectivity index (χ1) is 9.15. The van der Waals surface area contributed by atoms with Gasteiger partial charge in [-0.2, -0.15) is 5.10 Å². The van der Waals surface area contributed by atoms with Gasteiger partial charge in [-0.05, 0) is 23.8 Å². The maximum absolute atomic E-state index is 11.5. The molecule has 0 unspecified atom stereocenters. The number of anilines is 1. The number of aromatic nitrogens is 2. The van der Waals surface area contributed by atoms with Gasteiger partial charge >= 0.3 is 0 Å². The van der Waals surface area contributed by atoms with Gasteiger partial charge in [0.2, 0.25) is 5.91 Å². The molecule has 96 valence electrons. The first-order valence-corrected chi connectivity index (χ1v) is 5.38. The van der Waals surface area contributed by atoms with Crippen molar-refractivity contribution in [1.82, 2.24) is 10.2 Å². The van der Waals surface area contributed by atoms with Crippen LogP contribution in [0.5, 0.6) is 0 Å². The van der Waals surface area contributed by atoms with Crippen LogP contribution in [0.3, 0.4) is 0 Å². The third-order valence-corrected chi connectivity index (χ3v) is 2.29. The van der Waals surface area contributed by atoms with E-state index in [0.717, 1.165) is 0 Å². The van der Waals surface area contributed by atoms with Crippen LogP contribution >= 0.6 is 0 Å². The van der Waals surface area contributed by atoms with Crippen molar-refractivity contribution >= 4 is 23.5 Å². The number of non-ortho nitro benzene ring substituents is 1. The van der Waals surface area contributed by atoms with Gasteiger partial charge in [-0.3, -0.25) is 20.0 Å². The number of H-pyrrole nitrogens is 1. The Morgan fingerprint density at radius 3 is 2.63 bits per heavy atom. The Labute approximate surface area is 108 Å². The van der Waals surface area contributed by atoms with E-state index in [9.17, 15) is 14.9 Å². The van der Waals surface area contributed by atoms with Gasteiger partial charge in [-0.15, -0.1) is 0 Å². The van der Waals surface area contributed by atoms with Crippen LogP contribution in [0.25, 0.3) is 6.08 Å². The number of carbonyl (C=O) groups excluding carboxylic acids is 1. The summed E-state index contributed by atoms with van der Waals surface area (Å²) in [5.74, 6) is 0.181. The van der Waals surface area contributed by atoms with Crippen LogP contribution in [0.2, 0.25) is 0 Å². The molecule has 2 rings (SSSR count). The van der Waals surface area contributed by atoms with Gasteiger partial charge in [-0.1, -0.05) is 0 Å². The van der Waals surface area contributed by atoms with Crippen molar-refractivity contribution in [2.24, 2.45) is 0 Å². The van der Waals surface area contributed by atoms with Gasteiger partial charge in [-0.25, -0.2) is 0 Å². The maximum atomic E-state index is 11.5. The molecule has 0 spiro atoms. The zero-order valence-electron chi connectivity index (χ0n) is 9.74. The number of rotatable bonds is 4. The van der Waals surface area contributed by atoms with E-state index >= 15 is 0 Å². The summed E-state index contributed by atoms with van der Waals surface area (Å²) in [6.07, 6.45) is 4.42. The van der Waals surface area contributed by atoms with Crippen LogP contribution in [0.4, 0.5) is 11.5 Å². The molecule has 0 atom stereocenters. The molecule has 0 aliphatic heterocycles. The predicted octanol–water partition coefficient (Wildman–Crippen LogP) is 1.97. The standard InChI is InChI=1S/C12H10N4O3/c17-12(14-11-7-8-13-15-11)6-3-9-1-4-10(5-2-9)16(18)19/h1-8H,(H2,13,14,15,17). The van der Waals surface area contributed by atoms with Gasteiger partial charge in [0.25, 0.3) is 5.69 Å². The van der Waals surface area contributed by atoms with Crippen LogP contribution in [-0.4, -0.2) is 21.0 Å². The van der Waals surface area contributed by atoms with E-state index in [1.54, 1.807) is 24.3 Å². The summed E-state index contributed by atoms with van der Waals surface area (Å²) in [6.45, 7) is 0. The number of nitro benzene ring substituents is 1.